The summed E-state index contributed by atoms with van der Waals surface area (Å²) in [4.78, 5) is 20.2. The van der Waals surface area contributed by atoms with Crippen LogP contribution in [0.1, 0.15) is 19.8 Å². The highest BCUT2D eigenvalue weighted by Gasteiger charge is 2.16. The second-order valence-corrected chi connectivity index (χ2v) is 2.26. The van der Waals surface area contributed by atoms with E-state index in [2.05, 4.69) is 10.5 Å². The third-order valence-corrected chi connectivity index (χ3v) is 1.28. The fraction of sp³-hybridized carbons (Fsp3) is 0.667. The largest absolute Gasteiger partial charge is 0.480 e. The topological polar surface area (TPSA) is 103 Å². The molecule has 0 aliphatic carbocycles. The van der Waals surface area contributed by atoms with E-state index in [-0.39, 0.29) is 0 Å². The van der Waals surface area contributed by atoms with Gasteiger partial charge < -0.3 is 10.4 Å². The Kier molecular flexibility index (Phi) is 4.59. The van der Waals surface area contributed by atoms with Crippen LogP contribution in [0, 0.1) is 10.3 Å². The molecule has 0 heterocycles. The smallest absolute Gasteiger partial charge is 0.326 e. The standard InChI is InChI=1S/C6H11N3O3/c1-2-3-4(5(10)11)8-6(7)9-12/h4H,2-3H2,1H3,(H2,7,8)(H,10,11). The Labute approximate surface area is 69.4 Å². The lowest BCUT2D eigenvalue weighted by molar-refractivity contribution is -0.139. The molecule has 1 unspecified atom stereocenters. The normalized spacial score (nSPS) is 11.8. The Balaban J connectivity index is 4.03. The molecule has 0 aliphatic rings. The van der Waals surface area contributed by atoms with E-state index < -0.39 is 18.0 Å². The van der Waals surface area contributed by atoms with Crippen molar-refractivity contribution in [2.24, 2.45) is 5.18 Å². The minimum atomic E-state index is -1.08. The number of rotatable bonds is 4. The zero-order valence-corrected chi connectivity index (χ0v) is 6.70. The lowest BCUT2D eigenvalue weighted by Gasteiger charge is -2.10. The first kappa shape index (κ1) is 10.5. The molecular formula is C6H11N3O3. The van der Waals surface area contributed by atoms with E-state index in [0.717, 1.165) is 0 Å². The van der Waals surface area contributed by atoms with Gasteiger partial charge in [0.2, 0.25) is 0 Å². The maximum atomic E-state index is 10.4. The number of carboxylic acid groups (broad SMARTS) is 1. The van der Waals surface area contributed by atoms with Crippen LogP contribution in [0.3, 0.4) is 0 Å². The summed E-state index contributed by atoms with van der Waals surface area (Å²) in [6.07, 6.45) is 1.03. The molecule has 0 aliphatic heterocycles. The lowest BCUT2D eigenvalue weighted by atomic mass is 10.2. The molecule has 0 aromatic carbocycles. The van der Waals surface area contributed by atoms with Gasteiger partial charge in [0.1, 0.15) is 6.04 Å². The van der Waals surface area contributed by atoms with Crippen molar-refractivity contribution in [2.45, 2.75) is 25.8 Å². The van der Waals surface area contributed by atoms with Gasteiger partial charge >= 0.3 is 5.97 Å². The predicted octanol–water partition coefficient (Wildman–Crippen LogP) is 0.530. The van der Waals surface area contributed by atoms with Gasteiger partial charge in [0.25, 0.3) is 5.96 Å². The highest BCUT2D eigenvalue weighted by atomic mass is 16.4. The maximum absolute atomic E-state index is 10.4. The van der Waals surface area contributed by atoms with E-state index in [1.54, 1.807) is 0 Å². The molecule has 68 valence electrons. The van der Waals surface area contributed by atoms with E-state index >= 15 is 0 Å². The van der Waals surface area contributed by atoms with Crippen molar-refractivity contribution in [3.63, 3.8) is 0 Å². The molecule has 0 aromatic rings. The number of hydrogen-bond acceptors (Lipinski definition) is 3. The predicted molar refractivity (Wildman–Crippen MR) is 43.0 cm³/mol. The minimum Gasteiger partial charge on any atom is -0.480 e. The third kappa shape index (κ3) is 3.65. The zero-order valence-electron chi connectivity index (χ0n) is 6.70. The van der Waals surface area contributed by atoms with Crippen molar-refractivity contribution in [3.05, 3.63) is 4.91 Å². The van der Waals surface area contributed by atoms with E-state index in [1.165, 1.54) is 0 Å². The summed E-state index contributed by atoms with van der Waals surface area (Å²) in [5.41, 5.74) is 0. The van der Waals surface area contributed by atoms with E-state index in [4.69, 9.17) is 10.5 Å². The highest BCUT2D eigenvalue weighted by molar-refractivity contribution is 5.84. The molecule has 6 heteroatoms. The Morgan fingerprint density at radius 3 is 2.67 bits per heavy atom. The van der Waals surface area contributed by atoms with Gasteiger partial charge in [-0.15, -0.1) is 4.91 Å². The molecule has 0 aromatic heterocycles. The first-order valence-corrected chi connectivity index (χ1v) is 3.53. The molecule has 0 saturated heterocycles. The summed E-state index contributed by atoms with van der Waals surface area (Å²) in [5.74, 6) is -1.72. The molecule has 0 bridgehead atoms. The molecule has 3 N–H and O–H groups in total. The summed E-state index contributed by atoms with van der Waals surface area (Å²) in [5, 5.41) is 19.8. The summed E-state index contributed by atoms with van der Waals surface area (Å²) < 4.78 is 0. The van der Waals surface area contributed by atoms with Gasteiger partial charge in [-0.05, 0) is 6.42 Å². The molecular weight excluding hydrogens is 162 g/mol. The first-order valence-electron chi connectivity index (χ1n) is 3.53. The van der Waals surface area contributed by atoms with E-state index in [0.29, 0.717) is 12.8 Å². The Hall–Kier alpha value is -1.46. The number of hydrogen-bond donors (Lipinski definition) is 3. The van der Waals surface area contributed by atoms with Gasteiger partial charge in [-0.3, -0.25) is 5.41 Å². The molecule has 0 radical (unpaired) electrons. The number of guanidine groups is 1. The number of carboxylic acids is 1. The number of nitrogens with zero attached hydrogens (tertiary/aromatic N) is 1. The van der Waals surface area contributed by atoms with Crippen molar-refractivity contribution >= 4 is 11.9 Å². The average molecular weight is 173 g/mol. The maximum Gasteiger partial charge on any atom is 0.326 e. The number of aliphatic carboxylic acids is 1. The molecule has 6 nitrogen and oxygen atoms in total. The number of nitroso groups, excluding NO2 is 1. The molecule has 0 amide bonds. The monoisotopic (exact) mass is 173 g/mol. The Morgan fingerprint density at radius 1 is 1.75 bits per heavy atom. The fourth-order valence-electron chi connectivity index (χ4n) is 0.737. The summed E-state index contributed by atoms with van der Waals surface area (Å²) in [6, 6.07) is -0.889. The van der Waals surface area contributed by atoms with E-state index in [9.17, 15) is 9.70 Å². The number of carbonyl (C=O) groups is 1. The van der Waals surface area contributed by atoms with Gasteiger partial charge in [0.05, 0.1) is 0 Å². The van der Waals surface area contributed by atoms with Crippen LogP contribution in [0.25, 0.3) is 0 Å². The average Bonchev–Trinajstić information content (AvgIpc) is 2.03. The van der Waals surface area contributed by atoms with Gasteiger partial charge in [0.15, 0.2) is 0 Å². The van der Waals surface area contributed by atoms with Gasteiger partial charge in [0, 0.05) is 5.18 Å². The summed E-state index contributed by atoms with van der Waals surface area (Å²) >= 11 is 0. The quantitative estimate of drug-likeness (QED) is 0.327. The van der Waals surface area contributed by atoms with Crippen LogP contribution in [-0.2, 0) is 4.79 Å². The summed E-state index contributed by atoms with van der Waals surface area (Å²) in [6.45, 7) is 1.82. The van der Waals surface area contributed by atoms with Crippen molar-refractivity contribution in [2.75, 3.05) is 0 Å². The third-order valence-electron chi connectivity index (χ3n) is 1.28. The van der Waals surface area contributed by atoms with Gasteiger partial charge in [-0.25, -0.2) is 4.79 Å². The van der Waals surface area contributed by atoms with Crippen molar-refractivity contribution in [3.8, 4) is 0 Å². The molecule has 0 rings (SSSR count). The molecule has 0 saturated carbocycles. The molecule has 0 fully saturated rings. The van der Waals surface area contributed by atoms with E-state index in [1.807, 2.05) is 6.92 Å². The fourth-order valence-corrected chi connectivity index (χ4v) is 0.737. The summed E-state index contributed by atoms with van der Waals surface area (Å²) in [7, 11) is 0. The van der Waals surface area contributed by atoms with Crippen LogP contribution >= 0.6 is 0 Å². The lowest BCUT2D eigenvalue weighted by Crippen LogP contribution is -2.39. The SMILES string of the molecule is CCCC(NC(=N)N=O)C(=O)O. The Morgan fingerprint density at radius 2 is 2.33 bits per heavy atom. The molecule has 12 heavy (non-hydrogen) atoms. The second kappa shape index (κ2) is 5.22. The van der Waals surface area contributed by atoms with Crippen LogP contribution in [0.4, 0.5) is 0 Å². The number of nitrogens with one attached hydrogen (secondary N) is 2. The molecule has 1 atom stereocenters. The minimum absolute atomic E-state index is 0.368. The second-order valence-electron chi connectivity index (χ2n) is 2.26. The van der Waals surface area contributed by atoms with Crippen molar-refractivity contribution in [1.82, 2.24) is 5.32 Å². The van der Waals surface area contributed by atoms with Crippen LogP contribution in [0.15, 0.2) is 5.18 Å². The van der Waals surface area contributed by atoms with Gasteiger partial charge in [-0.1, -0.05) is 13.3 Å². The van der Waals surface area contributed by atoms with Crippen LogP contribution < -0.4 is 5.32 Å². The van der Waals surface area contributed by atoms with Gasteiger partial charge in [-0.2, -0.15) is 0 Å². The van der Waals surface area contributed by atoms with Crippen LogP contribution in [0.5, 0.6) is 0 Å². The highest BCUT2D eigenvalue weighted by Crippen LogP contribution is 1.96. The van der Waals surface area contributed by atoms with Crippen LogP contribution in [0.2, 0.25) is 0 Å². The Bertz CT molecular complexity index is 192. The van der Waals surface area contributed by atoms with Crippen molar-refractivity contribution in [1.29, 1.82) is 5.41 Å². The zero-order chi connectivity index (χ0) is 9.56. The van der Waals surface area contributed by atoms with Crippen molar-refractivity contribution < 1.29 is 9.90 Å². The molecule has 0 spiro atoms. The van der Waals surface area contributed by atoms with Crippen LogP contribution in [-0.4, -0.2) is 23.1 Å². The first-order chi connectivity index (χ1) is 5.61.